The van der Waals surface area contributed by atoms with Gasteiger partial charge in [-0.05, 0) is 31.0 Å². The lowest BCUT2D eigenvalue weighted by molar-refractivity contribution is 0.110. The van der Waals surface area contributed by atoms with Crippen LogP contribution >= 0.6 is 11.8 Å². The van der Waals surface area contributed by atoms with Gasteiger partial charge in [-0.2, -0.15) is 5.10 Å². The van der Waals surface area contributed by atoms with Crippen LogP contribution in [0.4, 0.5) is 8.78 Å². The second-order valence-corrected chi connectivity index (χ2v) is 7.02. The average molecular weight is 407 g/mol. The van der Waals surface area contributed by atoms with Crippen LogP contribution in [0.2, 0.25) is 0 Å². The van der Waals surface area contributed by atoms with Crippen LogP contribution in [-0.4, -0.2) is 34.2 Å². The van der Waals surface area contributed by atoms with Crippen molar-refractivity contribution in [2.24, 2.45) is 10.1 Å². The predicted octanol–water partition coefficient (Wildman–Crippen LogP) is 4.15. The molecule has 0 spiro atoms. The SMILES string of the molecule is CC/C=C\C(C)=C/CN1/C=C\N=C(SCc2cc(F)cc(F)c2)N/N=C/C1O. The second-order valence-electron chi connectivity index (χ2n) is 6.06. The maximum atomic E-state index is 13.3. The molecule has 0 saturated carbocycles. The van der Waals surface area contributed by atoms with E-state index < -0.39 is 17.9 Å². The smallest absolute Gasteiger partial charge is 0.182 e. The molecule has 150 valence electrons. The van der Waals surface area contributed by atoms with Gasteiger partial charge in [0.15, 0.2) is 11.4 Å². The summed E-state index contributed by atoms with van der Waals surface area (Å²) in [4.78, 5) is 5.94. The van der Waals surface area contributed by atoms with Gasteiger partial charge in [-0.3, -0.25) is 5.43 Å². The number of rotatable bonds is 6. The third-order valence-corrected chi connectivity index (χ3v) is 4.64. The molecule has 8 heteroatoms. The summed E-state index contributed by atoms with van der Waals surface area (Å²) in [5, 5.41) is 14.7. The van der Waals surface area contributed by atoms with E-state index in [4.69, 9.17) is 0 Å². The van der Waals surface area contributed by atoms with Crippen LogP contribution in [0.1, 0.15) is 25.8 Å². The van der Waals surface area contributed by atoms with Crippen LogP contribution in [0.15, 0.2) is 64.5 Å². The van der Waals surface area contributed by atoms with Crippen molar-refractivity contribution >= 4 is 23.1 Å². The molecule has 5 nitrogen and oxygen atoms in total. The molecule has 1 heterocycles. The summed E-state index contributed by atoms with van der Waals surface area (Å²) in [6.07, 6.45) is 10.7. The maximum absolute atomic E-state index is 13.3. The van der Waals surface area contributed by atoms with Crippen molar-refractivity contribution in [1.29, 1.82) is 0 Å². The molecule has 1 aromatic carbocycles. The first-order chi connectivity index (χ1) is 13.5. The molecule has 2 rings (SSSR count). The number of nitrogens with zero attached hydrogens (tertiary/aromatic N) is 3. The molecule has 28 heavy (non-hydrogen) atoms. The molecular formula is C20H24F2N4OS. The van der Waals surface area contributed by atoms with Gasteiger partial charge in [-0.15, -0.1) is 0 Å². The normalized spacial score (nSPS) is 20.2. The van der Waals surface area contributed by atoms with Gasteiger partial charge in [-0.25, -0.2) is 13.8 Å². The fourth-order valence-corrected chi connectivity index (χ4v) is 2.98. The zero-order valence-corrected chi connectivity index (χ0v) is 16.7. The van der Waals surface area contributed by atoms with Crippen molar-refractivity contribution in [2.75, 3.05) is 6.54 Å². The number of thioether (sulfide) groups is 1. The fraction of sp³-hybridized carbons (Fsp3) is 0.300. The Bertz CT molecular complexity index is 785. The Hall–Kier alpha value is -2.45. The highest BCUT2D eigenvalue weighted by molar-refractivity contribution is 8.13. The van der Waals surface area contributed by atoms with Crippen molar-refractivity contribution in [3.63, 3.8) is 0 Å². The van der Waals surface area contributed by atoms with Gasteiger partial charge in [0, 0.05) is 30.8 Å². The van der Waals surface area contributed by atoms with Crippen LogP contribution in [-0.2, 0) is 5.75 Å². The molecule has 2 N–H and O–H groups in total. The first-order valence-electron chi connectivity index (χ1n) is 8.86. The summed E-state index contributed by atoms with van der Waals surface area (Å²) in [5.74, 6) is -0.912. The lowest BCUT2D eigenvalue weighted by Gasteiger charge is -2.21. The Morgan fingerprint density at radius 2 is 2.07 bits per heavy atom. The molecule has 0 aromatic heterocycles. The first-order valence-corrected chi connectivity index (χ1v) is 9.85. The number of hydrogen-bond donors (Lipinski definition) is 2. The number of hydrazone groups is 1. The monoisotopic (exact) mass is 406 g/mol. The first kappa shape index (κ1) is 21.8. The number of aliphatic imine (C=N–C) groups is 1. The van der Waals surface area contributed by atoms with Gasteiger partial charge >= 0.3 is 0 Å². The van der Waals surface area contributed by atoms with Crippen molar-refractivity contribution < 1.29 is 13.9 Å². The van der Waals surface area contributed by atoms with Gasteiger partial charge in [0.05, 0.1) is 6.21 Å². The standard InChI is InChI=1S/C20H24F2N4OS/c1-3-4-5-15(2)6-8-26-9-7-23-20(25-24-13-19(26)27)28-14-16-10-17(21)12-18(22)11-16/h4-7,9-13,19,27H,3,8,14H2,1-2H3,(H,23,25)/b5-4-,9-7-,15-6-,24-13+. The number of amidine groups is 1. The molecule has 1 atom stereocenters. The molecule has 0 saturated heterocycles. The van der Waals surface area contributed by atoms with Crippen molar-refractivity contribution in [2.45, 2.75) is 32.2 Å². The van der Waals surface area contributed by atoms with E-state index in [0.717, 1.165) is 18.1 Å². The van der Waals surface area contributed by atoms with Crippen LogP contribution in [0.25, 0.3) is 0 Å². The summed E-state index contributed by atoms with van der Waals surface area (Å²) in [7, 11) is 0. The largest absolute Gasteiger partial charge is 0.368 e. The highest BCUT2D eigenvalue weighted by Crippen LogP contribution is 2.16. The molecule has 0 amide bonds. The summed E-state index contributed by atoms with van der Waals surface area (Å²) in [6.45, 7) is 4.56. The van der Waals surface area contributed by atoms with Crippen LogP contribution in [0, 0.1) is 11.6 Å². The summed E-state index contributed by atoms with van der Waals surface area (Å²) in [5.41, 5.74) is 4.33. The lowest BCUT2D eigenvalue weighted by Crippen LogP contribution is -2.32. The number of hydrogen-bond acceptors (Lipinski definition) is 6. The lowest BCUT2D eigenvalue weighted by atomic mass is 10.2. The Balaban J connectivity index is 2.02. The molecule has 1 aromatic rings. The number of halogens is 2. The molecule has 0 fully saturated rings. The third-order valence-electron chi connectivity index (χ3n) is 3.70. The fourth-order valence-electron chi connectivity index (χ4n) is 2.25. The maximum Gasteiger partial charge on any atom is 0.182 e. The highest BCUT2D eigenvalue weighted by atomic mass is 32.2. The summed E-state index contributed by atoms with van der Waals surface area (Å²) < 4.78 is 26.6. The predicted molar refractivity (Wildman–Crippen MR) is 112 cm³/mol. The molecule has 0 radical (unpaired) electrons. The van der Waals surface area contributed by atoms with E-state index in [2.05, 4.69) is 28.5 Å². The zero-order valence-electron chi connectivity index (χ0n) is 15.8. The minimum absolute atomic E-state index is 0.321. The van der Waals surface area contributed by atoms with Gasteiger partial charge < -0.3 is 10.0 Å². The van der Waals surface area contributed by atoms with Crippen molar-refractivity contribution in [1.82, 2.24) is 10.3 Å². The van der Waals surface area contributed by atoms with Crippen LogP contribution in [0.3, 0.4) is 0 Å². The number of aliphatic hydroxyl groups excluding tert-OH is 1. The Morgan fingerprint density at radius 3 is 2.79 bits per heavy atom. The molecular weight excluding hydrogens is 382 g/mol. The number of allylic oxidation sites excluding steroid dienone is 3. The minimum Gasteiger partial charge on any atom is -0.368 e. The molecule has 0 aliphatic carbocycles. The van der Waals surface area contributed by atoms with Gasteiger partial charge in [-0.1, -0.05) is 42.5 Å². The van der Waals surface area contributed by atoms with E-state index in [-0.39, 0.29) is 0 Å². The van der Waals surface area contributed by atoms with Crippen LogP contribution < -0.4 is 5.43 Å². The number of aliphatic hydroxyl groups is 1. The molecule has 1 unspecified atom stereocenters. The van der Waals surface area contributed by atoms with Crippen molar-refractivity contribution in [3.8, 4) is 0 Å². The Morgan fingerprint density at radius 1 is 1.32 bits per heavy atom. The third kappa shape index (κ3) is 7.66. The minimum atomic E-state index is -0.917. The van der Waals surface area contributed by atoms with E-state index in [9.17, 15) is 13.9 Å². The van der Waals surface area contributed by atoms with E-state index in [1.54, 1.807) is 17.3 Å². The average Bonchev–Trinajstić information content (AvgIpc) is 2.73. The summed E-state index contributed by atoms with van der Waals surface area (Å²) >= 11 is 1.25. The molecule has 1 aliphatic rings. The number of benzene rings is 1. The summed E-state index contributed by atoms with van der Waals surface area (Å²) in [6, 6.07) is 3.39. The van der Waals surface area contributed by atoms with Gasteiger partial charge in [0.25, 0.3) is 0 Å². The van der Waals surface area contributed by atoms with E-state index in [1.807, 2.05) is 19.1 Å². The van der Waals surface area contributed by atoms with E-state index >= 15 is 0 Å². The quantitative estimate of drug-likeness (QED) is 0.697. The van der Waals surface area contributed by atoms with E-state index in [0.29, 0.717) is 23.0 Å². The number of nitrogens with one attached hydrogen (secondary N) is 1. The van der Waals surface area contributed by atoms with E-state index in [1.165, 1.54) is 30.1 Å². The Kier molecular flexibility index (Phi) is 8.90. The molecule has 0 bridgehead atoms. The van der Waals surface area contributed by atoms with Crippen molar-refractivity contribution in [3.05, 3.63) is 71.6 Å². The van der Waals surface area contributed by atoms with Crippen LogP contribution in [0.5, 0.6) is 0 Å². The molecule has 1 aliphatic heterocycles. The Labute approximate surface area is 168 Å². The second kappa shape index (κ2) is 11.4. The van der Waals surface area contributed by atoms with Gasteiger partial charge in [0.1, 0.15) is 11.6 Å². The zero-order chi connectivity index (χ0) is 20.4. The topological polar surface area (TPSA) is 60.2 Å². The van der Waals surface area contributed by atoms with Gasteiger partial charge in [0.2, 0.25) is 0 Å². The highest BCUT2D eigenvalue weighted by Gasteiger charge is 2.10.